The van der Waals surface area contributed by atoms with Crippen LogP contribution in [0.1, 0.15) is 12.8 Å². The second-order valence-corrected chi connectivity index (χ2v) is 3.85. The van der Waals surface area contributed by atoms with Crippen LogP contribution in [-0.2, 0) is 0 Å². The average Bonchev–Trinajstić information content (AvgIpc) is 2.29. The summed E-state index contributed by atoms with van der Waals surface area (Å²) in [6.07, 6.45) is 2.69. The van der Waals surface area contributed by atoms with Crippen LogP contribution >= 0.6 is 0 Å². The van der Waals surface area contributed by atoms with Crippen LogP contribution in [0.4, 0.5) is 11.5 Å². The Bertz CT molecular complexity index is 397. The molecule has 0 saturated carbocycles. The molecule has 1 aliphatic heterocycles. The van der Waals surface area contributed by atoms with Crippen molar-refractivity contribution in [3.05, 3.63) is 28.4 Å². The second-order valence-electron chi connectivity index (χ2n) is 3.85. The third-order valence-corrected chi connectivity index (χ3v) is 2.66. The number of nitro groups is 1. The summed E-state index contributed by atoms with van der Waals surface area (Å²) in [5, 5.41) is 20.4. The summed E-state index contributed by atoms with van der Waals surface area (Å²) in [5.41, 5.74) is -0.00315. The molecule has 0 spiro atoms. The number of β-amino-alcohol motifs (C(OH)–C–C–N with tert-alkyl or cyclic N) is 1. The van der Waals surface area contributed by atoms with E-state index in [4.69, 9.17) is 0 Å². The molecule has 1 aromatic heterocycles. The van der Waals surface area contributed by atoms with Gasteiger partial charge in [-0.15, -0.1) is 0 Å². The first-order valence-corrected chi connectivity index (χ1v) is 5.21. The van der Waals surface area contributed by atoms with Crippen molar-refractivity contribution in [3.8, 4) is 0 Å². The Labute approximate surface area is 92.7 Å². The fourth-order valence-electron chi connectivity index (χ4n) is 1.92. The van der Waals surface area contributed by atoms with Crippen LogP contribution in [0.15, 0.2) is 18.3 Å². The topological polar surface area (TPSA) is 79.5 Å². The highest BCUT2D eigenvalue weighted by Crippen LogP contribution is 2.27. The van der Waals surface area contributed by atoms with Gasteiger partial charge in [-0.1, -0.05) is 0 Å². The first-order valence-electron chi connectivity index (χ1n) is 5.21. The minimum atomic E-state index is -0.441. The molecule has 1 aromatic rings. The van der Waals surface area contributed by atoms with Crippen molar-refractivity contribution in [1.29, 1.82) is 0 Å². The van der Waals surface area contributed by atoms with Gasteiger partial charge < -0.3 is 10.0 Å². The molecule has 1 saturated heterocycles. The van der Waals surface area contributed by atoms with Crippen molar-refractivity contribution in [1.82, 2.24) is 4.98 Å². The van der Waals surface area contributed by atoms with Crippen LogP contribution in [0.5, 0.6) is 0 Å². The Morgan fingerprint density at radius 3 is 3.12 bits per heavy atom. The lowest BCUT2D eigenvalue weighted by Gasteiger charge is -2.30. The van der Waals surface area contributed by atoms with E-state index in [-0.39, 0.29) is 5.69 Å². The number of piperidine rings is 1. The molecule has 1 atom stereocenters. The SMILES string of the molecule is O=[N+]([O-])c1cccnc1N1CCC[C@@H](O)C1. The van der Waals surface area contributed by atoms with E-state index in [1.165, 1.54) is 12.3 Å². The van der Waals surface area contributed by atoms with Crippen molar-refractivity contribution < 1.29 is 10.0 Å². The Kier molecular flexibility index (Phi) is 3.00. The molecule has 16 heavy (non-hydrogen) atoms. The summed E-state index contributed by atoms with van der Waals surface area (Å²) in [7, 11) is 0. The fraction of sp³-hybridized carbons (Fsp3) is 0.500. The van der Waals surface area contributed by atoms with E-state index in [1.807, 2.05) is 0 Å². The van der Waals surface area contributed by atoms with Crippen LogP contribution in [0, 0.1) is 10.1 Å². The van der Waals surface area contributed by atoms with Gasteiger partial charge in [0.05, 0.1) is 11.0 Å². The molecule has 0 amide bonds. The Balaban J connectivity index is 2.28. The molecule has 1 aliphatic rings. The molecule has 0 radical (unpaired) electrons. The lowest BCUT2D eigenvalue weighted by atomic mass is 10.1. The quantitative estimate of drug-likeness (QED) is 0.596. The first-order chi connectivity index (χ1) is 7.68. The third kappa shape index (κ3) is 2.11. The molecule has 0 bridgehead atoms. The van der Waals surface area contributed by atoms with Crippen LogP contribution < -0.4 is 4.90 Å². The van der Waals surface area contributed by atoms with Gasteiger partial charge in [0.25, 0.3) is 0 Å². The maximum absolute atomic E-state index is 10.8. The van der Waals surface area contributed by atoms with Crippen molar-refractivity contribution in [2.24, 2.45) is 0 Å². The molecule has 1 N–H and O–H groups in total. The Morgan fingerprint density at radius 2 is 2.44 bits per heavy atom. The smallest absolute Gasteiger partial charge is 0.311 e. The van der Waals surface area contributed by atoms with Gasteiger partial charge in [0.15, 0.2) is 0 Å². The molecule has 2 rings (SSSR count). The molecule has 2 heterocycles. The molecule has 0 aromatic carbocycles. The number of nitrogens with zero attached hydrogens (tertiary/aromatic N) is 3. The zero-order valence-electron chi connectivity index (χ0n) is 8.74. The number of aliphatic hydroxyl groups excluding tert-OH is 1. The van der Waals surface area contributed by atoms with E-state index >= 15 is 0 Å². The summed E-state index contributed by atoms with van der Waals surface area (Å²) in [6.45, 7) is 1.12. The van der Waals surface area contributed by atoms with Gasteiger partial charge in [0, 0.05) is 25.4 Å². The average molecular weight is 223 g/mol. The van der Waals surface area contributed by atoms with E-state index in [0.29, 0.717) is 18.9 Å². The van der Waals surface area contributed by atoms with E-state index in [1.54, 1.807) is 11.0 Å². The van der Waals surface area contributed by atoms with Crippen LogP contribution in [0.25, 0.3) is 0 Å². The number of hydrogen-bond donors (Lipinski definition) is 1. The third-order valence-electron chi connectivity index (χ3n) is 2.66. The first kappa shape index (κ1) is 10.8. The standard InChI is InChI=1S/C10H13N3O3/c14-8-3-2-6-12(7-8)10-9(13(15)16)4-1-5-11-10/h1,4-5,8,14H,2-3,6-7H2/t8-/m1/s1. The van der Waals surface area contributed by atoms with Crippen molar-refractivity contribution in [3.63, 3.8) is 0 Å². The van der Waals surface area contributed by atoms with Gasteiger partial charge in [-0.2, -0.15) is 0 Å². The monoisotopic (exact) mass is 223 g/mol. The number of aromatic nitrogens is 1. The highest BCUT2D eigenvalue weighted by molar-refractivity contribution is 5.57. The van der Waals surface area contributed by atoms with Crippen molar-refractivity contribution in [2.45, 2.75) is 18.9 Å². The van der Waals surface area contributed by atoms with Gasteiger partial charge >= 0.3 is 5.69 Å². The Morgan fingerprint density at radius 1 is 1.62 bits per heavy atom. The summed E-state index contributed by atoms with van der Waals surface area (Å²) in [5.74, 6) is 0.353. The highest BCUT2D eigenvalue weighted by atomic mass is 16.6. The van der Waals surface area contributed by atoms with E-state index < -0.39 is 11.0 Å². The van der Waals surface area contributed by atoms with Gasteiger partial charge in [0.1, 0.15) is 0 Å². The van der Waals surface area contributed by atoms with Gasteiger partial charge in [0.2, 0.25) is 5.82 Å². The minimum absolute atomic E-state index is 0.00315. The second kappa shape index (κ2) is 4.44. The lowest BCUT2D eigenvalue weighted by molar-refractivity contribution is -0.384. The summed E-state index contributed by atoms with van der Waals surface area (Å²) >= 11 is 0. The molecular formula is C10H13N3O3. The van der Waals surface area contributed by atoms with E-state index in [0.717, 1.165) is 12.8 Å². The number of anilines is 1. The molecule has 6 nitrogen and oxygen atoms in total. The normalized spacial score (nSPS) is 20.8. The molecule has 1 fully saturated rings. The molecule has 0 aliphatic carbocycles. The van der Waals surface area contributed by atoms with Gasteiger partial charge in [-0.05, 0) is 18.9 Å². The van der Waals surface area contributed by atoms with Crippen LogP contribution in [0.2, 0.25) is 0 Å². The van der Waals surface area contributed by atoms with Gasteiger partial charge in [-0.25, -0.2) is 4.98 Å². The largest absolute Gasteiger partial charge is 0.391 e. The summed E-state index contributed by atoms with van der Waals surface area (Å²) in [4.78, 5) is 16.2. The number of pyridine rings is 1. The van der Waals surface area contributed by atoms with Gasteiger partial charge in [-0.3, -0.25) is 10.1 Å². The fourth-order valence-corrected chi connectivity index (χ4v) is 1.92. The predicted molar refractivity (Wildman–Crippen MR) is 58.3 cm³/mol. The zero-order valence-corrected chi connectivity index (χ0v) is 8.74. The molecule has 6 heteroatoms. The Hall–Kier alpha value is -1.69. The predicted octanol–water partition coefficient (Wildman–Crippen LogP) is 0.951. The maximum Gasteiger partial charge on any atom is 0.311 e. The van der Waals surface area contributed by atoms with Crippen molar-refractivity contribution >= 4 is 11.5 Å². The van der Waals surface area contributed by atoms with E-state index in [2.05, 4.69) is 4.98 Å². The van der Waals surface area contributed by atoms with Crippen LogP contribution in [-0.4, -0.2) is 34.2 Å². The lowest BCUT2D eigenvalue weighted by Crippen LogP contribution is -2.39. The summed E-state index contributed by atoms with van der Waals surface area (Å²) in [6, 6.07) is 2.98. The zero-order chi connectivity index (χ0) is 11.5. The van der Waals surface area contributed by atoms with E-state index in [9.17, 15) is 15.2 Å². The molecule has 0 unspecified atom stereocenters. The summed E-state index contributed by atoms with van der Waals surface area (Å²) < 4.78 is 0. The van der Waals surface area contributed by atoms with Crippen LogP contribution in [0.3, 0.4) is 0 Å². The highest BCUT2D eigenvalue weighted by Gasteiger charge is 2.25. The molecular weight excluding hydrogens is 210 g/mol. The minimum Gasteiger partial charge on any atom is -0.391 e. The number of rotatable bonds is 2. The van der Waals surface area contributed by atoms with Crippen molar-refractivity contribution in [2.75, 3.05) is 18.0 Å². The molecule has 86 valence electrons. The number of hydrogen-bond acceptors (Lipinski definition) is 5. The number of aliphatic hydroxyl groups is 1. The maximum atomic E-state index is 10.8.